The highest BCUT2D eigenvalue weighted by Gasteiger charge is 2.38. The number of nitrogens with zero attached hydrogens (tertiary/aromatic N) is 1. The molecule has 0 aromatic heterocycles. The van der Waals surface area contributed by atoms with Crippen LogP contribution in [0.2, 0.25) is 0 Å². The van der Waals surface area contributed by atoms with Gasteiger partial charge in [-0.15, -0.1) is 0 Å². The fraction of sp³-hybridized carbons (Fsp3) is 0.778. The molecular formula is C9H13F2NO3. The van der Waals surface area contributed by atoms with Crippen molar-refractivity contribution in [3.05, 3.63) is 0 Å². The second kappa shape index (κ2) is 5.04. The molecular weight excluding hydrogens is 208 g/mol. The number of hydrogen-bond donors (Lipinski definition) is 0. The SMILES string of the molecule is CCOC(=O)C1CCCN1C(=O)C(F)F. The molecule has 0 aliphatic carbocycles. The third kappa shape index (κ3) is 2.64. The predicted octanol–water partition coefficient (Wildman–Crippen LogP) is 0.806. The number of amides is 1. The zero-order valence-electron chi connectivity index (χ0n) is 8.41. The molecule has 1 atom stereocenters. The Labute approximate surface area is 86.2 Å². The van der Waals surface area contributed by atoms with Crippen LogP contribution in [-0.4, -0.2) is 42.4 Å². The molecule has 0 N–H and O–H groups in total. The summed E-state index contributed by atoms with van der Waals surface area (Å²) < 4.78 is 29.0. The molecule has 1 aliphatic rings. The molecule has 4 nitrogen and oxygen atoms in total. The Morgan fingerprint density at radius 1 is 1.53 bits per heavy atom. The Kier molecular flexibility index (Phi) is 3.99. The Morgan fingerprint density at radius 3 is 2.73 bits per heavy atom. The molecule has 1 fully saturated rings. The number of likely N-dealkylation sites (tertiary alicyclic amines) is 1. The summed E-state index contributed by atoms with van der Waals surface area (Å²) in [6.45, 7) is 2.02. The van der Waals surface area contributed by atoms with Gasteiger partial charge in [0.25, 0.3) is 5.91 Å². The molecule has 6 heteroatoms. The van der Waals surface area contributed by atoms with Crippen LogP contribution < -0.4 is 0 Å². The Bertz CT molecular complexity index is 258. The Morgan fingerprint density at radius 2 is 2.20 bits per heavy atom. The average Bonchev–Trinajstić information content (AvgIpc) is 2.65. The lowest BCUT2D eigenvalue weighted by Gasteiger charge is -2.22. The molecule has 86 valence electrons. The van der Waals surface area contributed by atoms with E-state index in [9.17, 15) is 18.4 Å². The lowest BCUT2D eigenvalue weighted by molar-refractivity contribution is -0.156. The van der Waals surface area contributed by atoms with Gasteiger partial charge in [-0.25, -0.2) is 4.79 Å². The number of carbonyl (C=O) groups excluding carboxylic acids is 2. The molecule has 1 saturated heterocycles. The van der Waals surface area contributed by atoms with Gasteiger partial charge in [0.05, 0.1) is 6.61 Å². The van der Waals surface area contributed by atoms with Gasteiger partial charge in [-0.3, -0.25) is 4.79 Å². The van der Waals surface area contributed by atoms with E-state index in [-0.39, 0.29) is 13.2 Å². The summed E-state index contributed by atoms with van der Waals surface area (Å²) in [6, 6.07) is -0.827. The summed E-state index contributed by atoms with van der Waals surface area (Å²) >= 11 is 0. The van der Waals surface area contributed by atoms with Gasteiger partial charge < -0.3 is 9.64 Å². The highest BCUT2D eigenvalue weighted by molar-refractivity contribution is 5.86. The molecule has 0 aromatic carbocycles. The fourth-order valence-corrected chi connectivity index (χ4v) is 1.64. The summed E-state index contributed by atoms with van der Waals surface area (Å²) in [5.41, 5.74) is 0. The van der Waals surface area contributed by atoms with E-state index in [1.165, 1.54) is 0 Å². The maximum absolute atomic E-state index is 12.2. The maximum Gasteiger partial charge on any atom is 0.328 e. The van der Waals surface area contributed by atoms with E-state index in [1.54, 1.807) is 6.92 Å². The molecule has 0 bridgehead atoms. The molecule has 1 rings (SSSR count). The van der Waals surface area contributed by atoms with Crippen LogP contribution >= 0.6 is 0 Å². The van der Waals surface area contributed by atoms with Crippen molar-refractivity contribution in [1.29, 1.82) is 0 Å². The minimum absolute atomic E-state index is 0.187. The third-order valence-electron chi connectivity index (χ3n) is 2.28. The van der Waals surface area contributed by atoms with E-state index in [0.717, 1.165) is 4.90 Å². The van der Waals surface area contributed by atoms with Crippen molar-refractivity contribution >= 4 is 11.9 Å². The highest BCUT2D eigenvalue weighted by atomic mass is 19.3. The van der Waals surface area contributed by atoms with Crippen molar-refractivity contribution < 1.29 is 23.1 Å². The van der Waals surface area contributed by atoms with Gasteiger partial charge in [0.2, 0.25) is 0 Å². The van der Waals surface area contributed by atoms with Crippen LogP contribution in [0.5, 0.6) is 0 Å². The van der Waals surface area contributed by atoms with Crippen LogP contribution in [0.15, 0.2) is 0 Å². The number of carbonyl (C=O) groups is 2. The van der Waals surface area contributed by atoms with Crippen LogP contribution in [0, 0.1) is 0 Å². The van der Waals surface area contributed by atoms with E-state index in [2.05, 4.69) is 0 Å². The van der Waals surface area contributed by atoms with Gasteiger partial charge in [-0.1, -0.05) is 0 Å². The van der Waals surface area contributed by atoms with Crippen molar-refractivity contribution in [3.8, 4) is 0 Å². The van der Waals surface area contributed by atoms with E-state index >= 15 is 0 Å². The highest BCUT2D eigenvalue weighted by Crippen LogP contribution is 2.20. The van der Waals surface area contributed by atoms with Crippen molar-refractivity contribution in [2.45, 2.75) is 32.2 Å². The van der Waals surface area contributed by atoms with Crippen molar-refractivity contribution in [1.82, 2.24) is 4.90 Å². The molecule has 1 unspecified atom stereocenters. The summed E-state index contributed by atoms with van der Waals surface area (Å²) in [6.07, 6.45) is -2.10. The molecule has 0 saturated carbocycles. The van der Waals surface area contributed by atoms with Crippen molar-refractivity contribution in [2.75, 3.05) is 13.2 Å². The maximum atomic E-state index is 12.2. The Balaban J connectivity index is 2.64. The minimum Gasteiger partial charge on any atom is -0.464 e. The van der Waals surface area contributed by atoms with E-state index < -0.39 is 24.3 Å². The van der Waals surface area contributed by atoms with E-state index in [4.69, 9.17) is 4.74 Å². The average molecular weight is 221 g/mol. The van der Waals surface area contributed by atoms with Crippen LogP contribution in [0.3, 0.4) is 0 Å². The quantitative estimate of drug-likeness (QED) is 0.662. The predicted molar refractivity (Wildman–Crippen MR) is 47.4 cm³/mol. The first-order chi connectivity index (χ1) is 7.07. The number of hydrogen-bond acceptors (Lipinski definition) is 3. The number of rotatable bonds is 3. The van der Waals surface area contributed by atoms with Crippen LogP contribution in [-0.2, 0) is 14.3 Å². The lowest BCUT2D eigenvalue weighted by Crippen LogP contribution is -2.44. The molecule has 1 aliphatic heterocycles. The smallest absolute Gasteiger partial charge is 0.328 e. The first kappa shape index (κ1) is 11.9. The van der Waals surface area contributed by atoms with Gasteiger partial charge in [0.1, 0.15) is 6.04 Å². The number of alkyl halides is 2. The Hall–Kier alpha value is -1.20. The normalized spacial score (nSPS) is 20.8. The number of halogens is 2. The van der Waals surface area contributed by atoms with Gasteiger partial charge in [0, 0.05) is 6.54 Å². The first-order valence-corrected chi connectivity index (χ1v) is 4.83. The molecule has 0 radical (unpaired) electrons. The largest absolute Gasteiger partial charge is 0.464 e. The van der Waals surface area contributed by atoms with Crippen LogP contribution in [0.4, 0.5) is 8.78 Å². The van der Waals surface area contributed by atoms with Gasteiger partial charge in [0.15, 0.2) is 0 Å². The summed E-state index contributed by atoms with van der Waals surface area (Å²) in [7, 11) is 0. The second-order valence-corrected chi connectivity index (χ2v) is 3.24. The van der Waals surface area contributed by atoms with Crippen LogP contribution in [0.25, 0.3) is 0 Å². The fourth-order valence-electron chi connectivity index (χ4n) is 1.64. The summed E-state index contributed by atoms with van der Waals surface area (Å²) in [5.74, 6) is -1.88. The summed E-state index contributed by atoms with van der Waals surface area (Å²) in [4.78, 5) is 23.3. The van der Waals surface area contributed by atoms with Gasteiger partial charge in [-0.2, -0.15) is 8.78 Å². The third-order valence-corrected chi connectivity index (χ3v) is 2.28. The van der Waals surface area contributed by atoms with Crippen LogP contribution in [0.1, 0.15) is 19.8 Å². The first-order valence-electron chi connectivity index (χ1n) is 4.83. The van der Waals surface area contributed by atoms with Crippen molar-refractivity contribution in [3.63, 3.8) is 0 Å². The van der Waals surface area contributed by atoms with Gasteiger partial charge in [-0.05, 0) is 19.8 Å². The zero-order valence-corrected chi connectivity index (χ0v) is 8.41. The molecule has 15 heavy (non-hydrogen) atoms. The monoisotopic (exact) mass is 221 g/mol. The van der Waals surface area contributed by atoms with E-state index in [0.29, 0.717) is 12.8 Å². The number of esters is 1. The minimum atomic E-state index is -3.06. The molecule has 1 heterocycles. The van der Waals surface area contributed by atoms with Crippen molar-refractivity contribution in [2.24, 2.45) is 0 Å². The molecule has 1 amide bonds. The topological polar surface area (TPSA) is 46.6 Å². The standard InChI is InChI=1S/C9H13F2NO3/c1-2-15-9(14)6-4-3-5-12(6)8(13)7(10)11/h6-7H,2-5H2,1H3. The zero-order chi connectivity index (χ0) is 11.4. The summed E-state index contributed by atoms with van der Waals surface area (Å²) in [5, 5.41) is 0. The second-order valence-electron chi connectivity index (χ2n) is 3.24. The van der Waals surface area contributed by atoms with Gasteiger partial charge >= 0.3 is 12.4 Å². The van der Waals surface area contributed by atoms with E-state index in [1.807, 2.05) is 0 Å². The number of ether oxygens (including phenoxy) is 1. The lowest BCUT2D eigenvalue weighted by atomic mass is 10.2. The molecule has 0 aromatic rings. The molecule has 0 spiro atoms.